The molecule has 7 heteroatoms. The summed E-state index contributed by atoms with van der Waals surface area (Å²) in [5.41, 5.74) is 2.31. The fourth-order valence-corrected chi connectivity index (χ4v) is 4.76. The largest absolute Gasteiger partial charge is 0.323 e. The summed E-state index contributed by atoms with van der Waals surface area (Å²) in [5.74, 6) is 0.355. The summed E-state index contributed by atoms with van der Waals surface area (Å²) in [6.45, 7) is 2.23. The maximum Gasteiger partial charge on any atom is 0.257 e. The van der Waals surface area contributed by atoms with E-state index in [1.54, 1.807) is 35.6 Å². The molecule has 0 saturated carbocycles. The molecule has 25 heavy (non-hydrogen) atoms. The van der Waals surface area contributed by atoms with Crippen LogP contribution in [0.25, 0.3) is 0 Å². The lowest BCUT2D eigenvalue weighted by Gasteiger charge is -2.17. The van der Waals surface area contributed by atoms with Crippen LogP contribution >= 0.6 is 39.5 Å². The number of thiophene rings is 1. The molecule has 2 aromatic rings. The predicted molar refractivity (Wildman–Crippen MR) is 108 cm³/mol. The summed E-state index contributed by atoms with van der Waals surface area (Å²) < 4.78 is 0.904. The van der Waals surface area contributed by atoms with Gasteiger partial charge >= 0.3 is 0 Å². The number of carbonyl (C=O) groups is 1. The summed E-state index contributed by atoms with van der Waals surface area (Å²) >= 11 is 10.2. The van der Waals surface area contributed by atoms with Gasteiger partial charge in [0.25, 0.3) is 5.91 Å². The Bertz CT molecular complexity index is 868. The number of hydrogen-bond acceptors (Lipinski definition) is 4. The normalized spacial score (nSPS) is 15.8. The molecule has 4 nitrogen and oxygen atoms in total. The van der Waals surface area contributed by atoms with Gasteiger partial charge in [-0.1, -0.05) is 22.9 Å². The number of halogens is 1. The Balaban J connectivity index is 1.72. The van der Waals surface area contributed by atoms with E-state index in [0.29, 0.717) is 17.0 Å². The molecule has 1 aromatic carbocycles. The third kappa shape index (κ3) is 4.09. The fraction of sp³-hybridized carbons (Fsp3) is 0.278. The third-order valence-electron chi connectivity index (χ3n) is 4.18. The van der Waals surface area contributed by atoms with E-state index in [1.807, 2.05) is 0 Å². The van der Waals surface area contributed by atoms with Crippen LogP contribution < -0.4 is 10.6 Å². The molecule has 0 radical (unpaired) electrons. The fourth-order valence-electron chi connectivity index (χ4n) is 2.87. The van der Waals surface area contributed by atoms with E-state index in [1.165, 1.54) is 4.88 Å². The van der Waals surface area contributed by atoms with Crippen molar-refractivity contribution in [2.45, 2.75) is 26.2 Å². The zero-order chi connectivity index (χ0) is 18.0. The van der Waals surface area contributed by atoms with Crippen molar-refractivity contribution in [3.63, 3.8) is 0 Å². The molecular weight excluding hydrogens is 418 g/mol. The molecule has 1 heterocycles. The molecule has 1 atom stereocenters. The number of carbonyl (C=O) groups excluding carboxylic acids is 1. The van der Waals surface area contributed by atoms with Gasteiger partial charge in [-0.15, -0.1) is 11.3 Å². The second-order valence-corrected chi connectivity index (χ2v) is 8.51. The molecule has 0 spiro atoms. The molecule has 1 aliphatic rings. The number of anilines is 1. The standard InChI is InChI=1S/C18H16BrN3OS2/c1-10-2-7-13-14(9-20)17(25-15(13)8-10)22-18(24)21-16(23)11-3-5-12(19)6-4-11/h3-6,10H,2,7-8H2,1H3,(H2,21,22,23,24)/t10-/m0/s1. The maximum atomic E-state index is 12.2. The van der Waals surface area contributed by atoms with Crippen molar-refractivity contribution in [1.82, 2.24) is 5.32 Å². The summed E-state index contributed by atoms with van der Waals surface area (Å²) in [6.07, 6.45) is 3.02. The Hall–Kier alpha value is -1.75. The predicted octanol–water partition coefficient (Wildman–Crippen LogP) is 4.63. The monoisotopic (exact) mass is 433 g/mol. The van der Waals surface area contributed by atoms with Crippen molar-refractivity contribution >= 4 is 55.5 Å². The SMILES string of the molecule is C[C@H]1CCc2c(sc(NC(=S)NC(=O)c3ccc(Br)cc3)c2C#N)C1. The van der Waals surface area contributed by atoms with Gasteiger partial charge < -0.3 is 5.32 Å². The van der Waals surface area contributed by atoms with Crippen LogP contribution in [0.4, 0.5) is 5.00 Å². The van der Waals surface area contributed by atoms with Crippen LogP contribution in [0.1, 0.15) is 39.7 Å². The van der Waals surface area contributed by atoms with Gasteiger partial charge in [0, 0.05) is 14.9 Å². The quantitative estimate of drug-likeness (QED) is 0.677. The average Bonchev–Trinajstić information content (AvgIpc) is 2.90. The van der Waals surface area contributed by atoms with Crippen molar-refractivity contribution in [2.24, 2.45) is 5.92 Å². The highest BCUT2D eigenvalue weighted by Gasteiger charge is 2.24. The lowest BCUT2D eigenvalue weighted by molar-refractivity contribution is 0.0977. The molecule has 1 aliphatic carbocycles. The molecular formula is C18H16BrN3OS2. The topological polar surface area (TPSA) is 64.9 Å². The van der Waals surface area contributed by atoms with Gasteiger partial charge in [-0.05, 0) is 67.2 Å². The molecule has 1 amide bonds. The Labute approximate surface area is 164 Å². The summed E-state index contributed by atoms with van der Waals surface area (Å²) in [4.78, 5) is 13.5. The van der Waals surface area contributed by atoms with E-state index < -0.39 is 0 Å². The minimum Gasteiger partial charge on any atom is -0.323 e. The van der Waals surface area contributed by atoms with Crippen LogP contribution in [0.15, 0.2) is 28.7 Å². The lowest BCUT2D eigenvalue weighted by Crippen LogP contribution is -2.34. The Morgan fingerprint density at radius 1 is 1.40 bits per heavy atom. The van der Waals surface area contributed by atoms with E-state index in [-0.39, 0.29) is 11.0 Å². The number of amides is 1. The number of benzene rings is 1. The first-order valence-electron chi connectivity index (χ1n) is 7.90. The van der Waals surface area contributed by atoms with Crippen molar-refractivity contribution < 1.29 is 4.79 Å². The Morgan fingerprint density at radius 3 is 2.80 bits per heavy atom. The van der Waals surface area contributed by atoms with Crippen LogP contribution in [0.2, 0.25) is 0 Å². The Morgan fingerprint density at radius 2 is 2.12 bits per heavy atom. The second-order valence-electron chi connectivity index (χ2n) is 6.08. The van der Waals surface area contributed by atoms with Gasteiger partial charge in [-0.2, -0.15) is 5.26 Å². The second kappa shape index (κ2) is 7.65. The molecule has 0 fully saturated rings. The van der Waals surface area contributed by atoms with Crippen molar-refractivity contribution in [3.8, 4) is 6.07 Å². The van der Waals surface area contributed by atoms with E-state index in [9.17, 15) is 10.1 Å². The summed E-state index contributed by atoms with van der Waals surface area (Å²) in [5, 5.41) is 16.1. The van der Waals surface area contributed by atoms with E-state index in [0.717, 1.165) is 34.3 Å². The third-order valence-corrected chi connectivity index (χ3v) is 6.09. The van der Waals surface area contributed by atoms with E-state index in [4.69, 9.17) is 12.2 Å². The smallest absolute Gasteiger partial charge is 0.257 e. The van der Waals surface area contributed by atoms with Crippen LogP contribution in [-0.2, 0) is 12.8 Å². The molecule has 1 aromatic heterocycles. The van der Waals surface area contributed by atoms with Gasteiger partial charge in [0.1, 0.15) is 11.1 Å². The number of hydrogen-bond donors (Lipinski definition) is 2. The number of fused-ring (bicyclic) bond motifs is 1. The molecule has 0 aliphatic heterocycles. The maximum absolute atomic E-state index is 12.2. The molecule has 0 bridgehead atoms. The molecule has 0 unspecified atom stereocenters. The zero-order valence-electron chi connectivity index (χ0n) is 13.6. The highest BCUT2D eigenvalue weighted by Crippen LogP contribution is 2.39. The van der Waals surface area contributed by atoms with Crippen molar-refractivity contribution in [1.29, 1.82) is 5.26 Å². The zero-order valence-corrected chi connectivity index (χ0v) is 16.8. The number of nitriles is 1. The molecule has 3 rings (SSSR count). The van der Waals surface area contributed by atoms with Gasteiger partial charge in [0.05, 0.1) is 5.56 Å². The summed E-state index contributed by atoms with van der Waals surface area (Å²) in [6, 6.07) is 9.32. The number of thiocarbonyl (C=S) groups is 1. The molecule has 0 saturated heterocycles. The number of nitrogens with one attached hydrogen (secondary N) is 2. The first-order valence-corrected chi connectivity index (χ1v) is 9.92. The van der Waals surface area contributed by atoms with Gasteiger partial charge in [-0.25, -0.2) is 0 Å². The van der Waals surface area contributed by atoms with E-state index >= 15 is 0 Å². The average molecular weight is 434 g/mol. The Kier molecular flexibility index (Phi) is 5.52. The lowest BCUT2D eigenvalue weighted by atomic mass is 9.89. The van der Waals surface area contributed by atoms with Crippen LogP contribution in [0.3, 0.4) is 0 Å². The highest BCUT2D eigenvalue weighted by molar-refractivity contribution is 9.10. The first kappa shape index (κ1) is 18.1. The van der Waals surface area contributed by atoms with Gasteiger partial charge in [0.15, 0.2) is 5.11 Å². The summed E-state index contributed by atoms with van der Waals surface area (Å²) in [7, 11) is 0. The number of rotatable bonds is 2. The van der Waals surface area contributed by atoms with Gasteiger partial charge in [-0.3, -0.25) is 10.1 Å². The van der Waals surface area contributed by atoms with Crippen LogP contribution in [0, 0.1) is 17.2 Å². The van der Waals surface area contributed by atoms with Crippen molar-refractivity contribution in [3.05, 3.63) is 50.3 Å². The number of nitrogens with zero attached hydrogens (tertiary/aromatic N) is 1. The van der Waals surface area contributed by atoms with E-state index in [2.05, 4.69) is 39.6 Å². The van der Waals surface area contributed by atoms with Gasteiger partial charge in [0.2, 0.25) is 0 Å². The van der Waals surface area contributed by atoms with Crippen LogP contribution in [0.5, 0.6) is 0 Å². The molecule has 2 N–H and O–H groups in total. The molecule has 128 valence electrons. The minimum absolute atomic E-state index is 0.205. The van der Waals surface area contributed by atoms with Crippen LogP contribution in [-0.4, -0.2) is 11.0 Å². The minimum atomic E-state index is -0.279. The van der Waals surface area contributed by atoms with Crippen molar-refractivity contribution in [2.75, 3.05) is 5.32 Å². The first-order chi connectivity index (χ1) is 12.0. The highest BCUT2D eigenvalue weighted by atomic mass is 79.9.